The third-order valence-corrected chi connectivity index (χ3v) is 4.05. The summed E-state index contributed by atoms with van der Waals surface area (Å²) in [6.45, 7) is 9.56. The van der Waals surface area contributed by atoms with Gasteiger partial charge in [0.1, 0.15) is 0 Å². The van der Waals surface area contributed by atoms with E-state index < -0.39 is 0 Å². The minimum Gasteiger partial charge on any atom is -0.375 e. The molecule has 2 N–H and O–H groups in total. The smallest absolute Gasteiger partial charge is 0.191 e. The quantitative estimate of drug-likeness (QED) is 0.439. The zero-order valence-corrected chi connectivity index (χ0v) is 15.7. The van der Waals surface area contributed by atoms with E-state index in [0.29, 0.717) is 26.3 Å². The van der Waals surface area contributed by atoms with Gasteiger partial charge >= 0.3 is 0 Å². The van der Waals surface area contributed by atoms with Crippen LogP contribution in [0.2, 0.25) is 0 Å². The molecule has 25 heavy (non-hydrogen) atoms. The molecule has 2 rings (SSSR count). The van der Waals surface area contributed by atoms with E-state index in [0.717, 1.165) is 23.9 Å². The van der Waals surface area contributed by atoms with Crippen LogP contribution in [0.4, 0.5) is 0 Å². The zero-order valence-electron chi connectivity index (χ0n) is 15.7. The molecule has 0 aliphatic heterocycles. The summed E-state index contributed by atoms with van der Waals surface area (Å²) in [4.78, 5) is 4.66. The van der Waals surface area contributed by atoms with Crippen LogP contribution in [-0.2, 0) is 24.9 Å². The van der Waals surface area contributed by atoms with Crippen LogP contribution < -0.4 is 10.6 Å². The molecule has 0 aliphatic carbocycles. The molecule has 1 aromatic heterocycles. The summed E-state index contributed by atoms with van der Waals surface area (Å²) >= 11 is 0. The Balaban J connectivity index is 1.79. The van der Waals surface area contributed by atoms with Gasteiger partial charge in [0.05, 0.1) is 25.5 Å². The van der Waals surface area contributed by atoms with Gasteiger partial charge in [0.2, 0.25) is 0 Å². The molecule has 0 atom stereocenters. The first-order chi connectivity index (χ1) is 12.1. The van der Waals surface area contributed by atoms with Gasteiger partial charge in [-0.05, 0) is 26.3 Å². The minimum absolute atomic E-state index is 0.617. The topological polar surface area (TPSA) is 63.5 Å². The van der Waals surface area contributed by atoms with Gasteiger partial charge in [0, 0.05) is 31.4 Å². The van der Waals surface area contributed by atoms with Crippen molar-refractivity contribution in [2.24, 2.45) is 12.0 Å². The van der Waals surface area contributed by atoms with Crippen LogP contribution >= 0.6 is 0 Å². The molecule has 0 spiro atoms. The Morgan fingerprint density at radius 3 is 2.60 bits per heavy atom. The fourth-order valence-corrected chi connectivity index (χ4v) is 2.55. The Hall–Kier alpha value is -2.34. The van der Waals surface area contributed by atoms with Crippen LogP contribution in [-0.4, -0.2) is 35.4 Å². The summed E-state index contributed by atoms with van der Waals surface area (Å²) in [7, 11) is 1.96. The predicted octanol–water partition coefficient (Wildman–Crippen LogP) is 2.31. The largest absolute Gasteiger partial charge is 0.375 e. The van der Waals surface area contributed by atoms with Gasteiger partial charge in [-0.15, -0.1) is 0 Å². The molecule has 0 bridgehead atoms. The van der Waals surface area contributed by atoms with Crippen molar-refractivity contribution in [1.29, 1.82) is 0 Å². The fraction of sp³-hybridized carbons (Fsp3) is 0.474. The Kier molecular flexibility index (Phi) is 7.47. The number of hydrogen-bond donors (Lipinski definition) is 2. The average molecular weight is 343 g/mol. The molecule has 136 valence electrons. The number of aryl methyl sites for hydroxylation is 2. The number of guanidine groups is 1. The minimum atomic E-state index is 0.617. The van der Waals surface area contributed by atoms with E-state index in [9.17, 15) is 0 Å². The maximum atomic E-state index is 5.69. The summed E-state index contributed by atoms with van der Waals surface area (Å²) in [6.07, 6.45) is 0. The highest BCUT2D eigenvalue weighted by atomic mass is 16.5. The average Bonchev–Trinajstić information content (AvgIpc) is 2.85. The summed E-state index contributed by atoms with van der Waals surface area (Å²) in [5.74, 6) is 0.800. The van der Waals surface area contributed by atoms with Gasteiger partial charge < -0.3 is 15.4 Å². The summed E-state index contributed by atoms with van der Waals surface area (Å²) in [5.41, 5.74) is 4.56. The molecule has 0 fully saturated rings. The van der Waals surface area contributed by atoms with E-state index in [4.69, 9.17) is 4.74 Å². The lowest BCUT2D eigenvalue weighted by Gasteiger charge is -2.11. The Bertz CT molecular complexity index is 679. The number of rotatable bonds is 8. The predicted molar refractivity (Wildman–Crippen MR) is 102 cm³/mol. The molecular formula is C19H29N5O. The van der Waals surface area contributed by atoms with Crippen molar-refractivity contribution in [3.05, 3.63) is 52.8 Å². The SMILES string of the molecule is CCNC(=NCc1c(C)nn(C)c1C)NCCOCc1ccccc1. The number of ether oxygens (including phenoxy) is 1. The first-order valence-electron chi connectivity index (χ1n) is 8.74. The lowest BCUT2D eigenvalue weighted by atomic mass is 10.2. The first kappa shape index (κ1) is 19.0. The number of benzene rings is 1. The van der Waals surface area contributed by atoms with E-state index in [1.54, 1.807) is 0 Å². The lowest BCUT2D eigenvalue weighted by Crippen LogP contribution is -2.39. The number of nitrogens with one attached hydrogen (secondary N) is 2. The molecule has 2 aromatic rings. The molecule has 1 heterocycles. The second kappa shape index (κ2) is 9.84. The Labute approximate surface area is 150 Å². The maximum absolute atomic E-state index is 5.69. The highest BCUT2D eigenvalue weighted by Crippen LogP contribution is 2.12. The van der Waals surface area contributed by atoms with E-state index >= 15 is 0 Å². The van der Waals surface area contributed by atoms with E-state index in [-0.39, 0.29) is 0 Å². The van der Waals surface area contributed by atoms with Crippen molar-refractivity contribution in [2.75, 3.05) is 19.7 Å². The summed E-state index contributed by atoms with van der Waals surface area (Å²) in [5, 5.41) is 11.0. The van der Waals surface area contributed by atoms with Gasteiger partial charge in [-0.3, -0.25) is 4.68 Å². The van der Waals surface area contributed by atoms with Crippen LogP contribution in [0.15, 0.2) is 35.3 Å². The zero-order chi connectivity index (χ0) is 18.1. The molecule has 1 aromatic carbocycles. The highest BCUT2D eigenvalue weighted by Gasteiger charge is 2.08. The van der Waals surface area contributed by atoms with Crippen molar-refractivity contribution in [2.45, 2.75) is 33.9 Å². The normalized spacial score (nSPS) is 11.6. The molecule has 6 nitrogen and oxygen atoms in total. The van der Waals surface area contributed by atoms with E-state index in [1.807, 2.05) is 36.9 Å². The Morgan fingerprint density at radius 1 is 1.20 bits per heavy atom. The molecule has 0 radical (unpaired) electrons. The first-order valence-corrected chi connectivity index (χ1v) is 8.74. The fourth-order valence-electron chi connectivity index (χ4n) is 2.55. The van der Waals surface area contributed by atoms with E-state index in [1.165, 1.54) is 11.1 Å². The molecular weight excluding hydrogens is 314 g/mol. The molecule has 0 saturated carbocycles. The van der Waals surface area contributed by atoms with E-state index in [2.05, 4.69) is 46.7 Å². The molecule has 0 amide bonds. The molecule has 0 aliphatic rings. The van der Waals surface area contributed by atoms with Crippen molar-refractivity contribution >= 4 is 5.96 Å². The van der Waals surface area contributed by atoms with Gasteiger partial charge in [-0.25, -0.2) is 4.99 Å². The molecule has 6 heteroatoms. The standard InChI is InChI=1S/C19H29N5O/c1-5-20-19(22-13-18-15(2)23-24(4)16(18)3)21-11-12-25-14-17-9-7-6-8-10-17/h6-10H,5,11-14H2,1-4H3,(H2,20,21,22). The monoisotopic (exact) mass is 343 g/mol. The number of aromatic nitrogens is 2. The van der Waals surface area contributed by atoms with Gasteiger partial charge in [0.15, 0.2) is 5.96 Å². The summed E-state index contributed by atoms with van der Waals surface area (Å²) < 4.78 is 7.59. The third-order valence-electron chi connectivity index (χ3n) is 4.05. The third kappa shape index (κ3) is 5.90. The number of nitrogens with zero attached hydrogens (tertiary/aromatic N) is 3. The second-order valence-electron chi connectivity index (χ2n) is 5.93. The number of aliphatic imine (C=N–C) groups is 1. The van der Waals surface area contributed by atoms with Crippen LogP contribution in [0, 0.1) is 13.8 Å². The number of hydrogen-bond acceptors (Lipinski definition) is 3. The van der Waals surface area contributed by atoms with Crippen molar-refractivity contribution < 1.29 is 4.74 Å². The van der Waals surface area contributed by atoms with Crippen LogP contribution in [0.1, 0.15) is 29.4 Å². The lowest BCUT2D eigenvalue weighted by molar-refractivity contribution is 0.125. The highest BCUT2D eigenvalue weighted by molar-refractivity contribution is 5.79. The van der Waals surface area contributed by atoms with Crippen LogP contribution in [0.3, 0.4) is 0 Å². The van der Waals surface area contributed by atoms with Crippen molar-refractivity contribution in [3.63, 3.8) is 0 Å². The Morgan fingerprint density at radius 2 is 1.96 bits per heavy atom. The van der Waals surface area contributed by atoms with Gasteiger partial charge in [-0.2, -0.15) is 5.10 Å². The van der Waals surface area contributed by atoms with Crippen molar-refractivity contribution in [3.8, 4) is 0 Å². The van der Waals surface area contributed by atoms with Gasteiger partial charge in [-0.1, -0.05) is 30.3 Å². The second-order valence-corrected chi connectivity index (χ2v) is 5.93. The van der Waals surface area contributed by atoms with Crippen LogP contribution in [0.5, 0.6) is 0 Å². The van der Waals surface area contributed by atoms with Gasteiger partial charge in [0.25, 0.3) is 0 Å². The molecule has 0 saturated heterocycles. The van der Waals surface area contributed by atoms with Crippen molar-refractivity contribution in [1.82, 2.24) is 20.4 Å². The summed E-state index contributed by atoms with van der Waals surface area (Å²) in [6, 6.07) is 10.2. The maximum Gasteiger partial charge on any atom is 0.191 e. The molecule has 0 unspecified atom stereocenters. The van der Waals surface area contributed by atoms with Crippen LogP contribution in [0.25, 0.3) is 0 Å².